The molecule has 0 amide bonds. The van der Waals surface area contributed by atoms with Gasteiger partial charge in [-0.15, -0.1) is 0 Å². The van der Waals surface area contributed by atoms with Crippen molar-refractivity contribution in [1.82, 2.24) is 38.2 Å². The molecule has 8 heteroatoms. The highest BCUT2D eigenvalue weighted by Gasteiger charge is 2.25. The summed E-state index contributed by atoms with van der Waals surface area (Å²) < 4.78 is 9.79. The van der Waals surface area contributed by atoms with Gasteiger partial charge in [0, 0.05) is 93.6 Å². The molecule has 0 atom stereocenters. The lowest BCUT2D eigenvalue weighted by Gasteiger charge is -2.20. The second kappa shape index (κ2) is 23.9. The summed E-state index contributed by atoms with van der Waals surface area (Å²) in [5.74, 6) is 1.51. The Bertz CT molecular complexity index is 5770. The van der Waals surface area contributed by atoms with Crippen LogP contribution < -0.4 is 0 Å². The van der Waals surface area contributed by atoms with E-state index < -0.39 is 0 Å². The lowest BCUT2D eigenvalue weighted by Crippen LogP contribution is -2.02. The van der Waals surface area contributed by atoms with Crippen molar-refractivity contribution in [2.75, 3.05) is 0 Å². The van der Waals surface area contributed by atoms with Gasteiger partial charge in [-0.3, -0.25) is 0 Å². The van der Waals surface area contributed by atoms with Crippen LogP contribution in [0.4, 0.5) is 0 Å². The molecule has 0 N–H and O–H groups in total. The van der Waals surface area contributed by atoms with E-state index in [0.29, 0.717) is 0 Å². The first kappa shape index (κ1) is 61.6. The molecule has 0 radical (unpaired) electrons. The molecule has 0 fully saturated rings. The predicted octanol–water partition coefficient (Wildman–Crippen LogP) is 23.7. The van der Waals surface area contributed by atoms with Crippen molar-refractivity contribution in [3.8, 4) is 67.6 Å². The van der Waals surface area contributed by atoms with E-state index in [1.807, 2.05) is 33.8 Å². The summed E-state index contributed by atoms with van der Waals surface area (Å²) in [6.45, 7) is 25.5. The van der Waals surface area contributed by atoms with Gasteiger partial charge in [0.05, 0.1) is 72.6 Å². The molecule has 0 aliphatic carbocycles. The first-order valence-corrected chi connectivity index (χ1v) is 34.7. The average Bonchev–Trinajstić information content (AvgIpc) is 1.56. The van der Waals surface area contributed by atoms with Gasteiger partial charge in [-0.05, 0) is 235 Å². The summed E-state index contributed by atoms with van der Waals surface area (Å²) in [4.78, 5) is 19.3. The second-order valence-corrected chi connectivity index (χ2v) is 27.9. The van der Waals surface area contributed by atoms with Gasteiger partial charge in [-0.25, -0.2) is 19.9 Å². The van der Waals surface area contributed by atoms with E-state index in [0.717, 1.165) is 90.6 Å². The lowest BCUT2D eigenvalue weighted by atomic mass is 9.97. The zero-order valence-electron chi connectivity index (χ0n) is 58.7. The van der Waals surface area contributed by atoms with E-state index in [1.54, 1.807) is 0 Å². The fraction of sp³-hybridized carbons (Fsp3) is 0.130. The lowest BCUT2D eigenvalue weighted by molar-refractivity contribution is 1.02. The zero-order valence-corrected chi connectivity index (χ0v) is 58.7. The molecule has 6 heterocycles. The molecule has 0 aliphatic rings. The number of aromatic nitrogens is 8. The van der Waals surface area contributed by atoms with Gasteiger partial charge in [-0.2, -0.15) is 0 Å². The molecular formula is C92H76N8. The van der Waals surface area contributed by atoms with Crippen LogP contribution in [0.5, 0.6) is 0 Å². The second-order valence-electron chi connectivity index (χ2n) is 27.9. The molecular weight excluding hydrogens is 1220 g/mol. The maximum Gasteiger partial charge on any atom is 0.159 e. The van der Waals surface area contributed by atoms with E-state index in [2.05, 4.69) is 315 Å². The van der Waals surface area contributed by atoms with Crippen LogP contribution in [0.15, 0.2) is 243 Å². The van der Waals surface area contributed by atoms with E-state index in [4.69, 9.17) is 15.0 Å². The molecule has 12 aromatic carbocycles. The monoisotopic (exact) mass is 1290 g/mol. The summed E-state index contributed by atoms with van der Waals surface area (Å²) in [7, 11) is 0. The summed E-state index contributed by atoms with van der Waals surface area (Å²) in [5.41, 5.74) is 34.5. The number of rotatable bonds is 8. The Morgan fingerprint density at radius 1 is 0.210 bits per heavy atom. The van der Waals surface area contributed by atoms with E-state index in [-0.39, 0.29) is 0 Å². The van der Waals surface area contributed by atoms with Crippen LogP contribution in [-0.2, 0) is 0 Å². The molecule has 0 saturated carbocycles. The normalized spacial score (nSPS) is 11.8. The minimum atomic E-state index is 0.740. The molecule has 18 rings (SSSR count). The summed E-state index contributed by atoms with van der Waals surface area (Å²) in [5, 5.41) is 10.1. The van der Waals surface area contributed by atoms with E-state index in [1.165, 1.54) is 132 Å². The smallest absolute Gasteiger partial charge is 0.159 e. The van der Waals surface area contributed by atoms with Gasteiger partial charge < -0.3 is 18.3 Å². The third kappa shape index (κ3) is 10.4. The van der Waals surface area contributed by atoms with Gasteiger partial charge in [0.2, 0.25) is 0 Å². The van der Waals surface area contributed by atoms with E-state index >= 15 is 0 Å². The average molecular weight is 1290 g/mol. The van der Waals surface area contributed by atoms with Gasteiger partial charge in [0.25, 0.3) is 0 Å². The number of hydrogen-bond acceptors (Lipinski definition) is 4. The molecule has 0 unspecified atom stereocenters. The molecule has 18 aromatic rings. The standard InChI is InChI=1S/2C46H38N4/c1-27-11-16-42-35(21-27)36-22-28(2)12-17-43(36)49(42)41-10-8-7-9-34(41)39-26-33(40-25-31(5)47-32(6)48-40)15-20-46(39)50-44-18-13-29(3)23-37(44)38-24-30(4)14-19-45(38)50;1-27-11-16-41-35(21-27)36-22-28(2)12-17-42(36)49(41)40-10-8-7-9-34(40)39-26-33(46-47-31(5)25-32(6)48-46)15-20-45(39)50-43-18-13-29(3)23-37(43)38-24-30(4)14-19-44(38)50/h2*7-26H,1-6H3. The molecule has 0 aliphatic heterocycles. The highest BCUT2D eigenvalue weighted by atomic mass is 15.0. The van der Waals surface area contributed by atoms with Crippen LogP contribution in [-0.4, -0.2) is 38.2 Å². The topological polar surface area (TPSA) is 71.3 Å². The fourth-order valence-electron chi connectivity index (χ4n) is 15.7. The van der Waals surface area contributed by atoms with Crippen molar-refractivity contribution in [2.24, 2.45) is 0 Å². The highest BCUT2D eigenvalue weighted by Crippen LogP contribution is 2.46. The highest BCUT2D eigenvalue weighted by molar-refractivity contribution is 6.14. The zero-order chi connectivity index (χ0) is 68.5. The number of aryl methyl sites for hydroxylation is 12. The number of benzene rings is 12. The number of para-hydroxylation sites is 2. The molecule has 484 valence electrons. The van der Waals surface area contributed by atoms with Crippen molar-refractivity contribution < 1.29 is 0 Å². The Labute approximate surface area is 582 Å². The molecule has 100 heavy (non-hydrogen) atoms. The number of nitrogens with zero attached hydrogens (tertiary/aromatic N) is 8. The van der Waals surface area contributed by atoms with Crippen LogP contribution in [0.25, 0.3) is 155 Å². The largest absolute Gasteiger partial charge is 0.309 e. The van der Waals surface area contributed by atoms with Gasteiger partial charge in [0.1, 0.15) is 5.82 Å². The van der Waals surface area contributed by atoms with E-state index in [9.17, 15) is 0 Å². The minimum absolute atomic E-state index is 0.740. The molecule has 0 bridgehead atoms. The quantitative estimate of drug-likeness (QED) is 0.152. The van der Waals surface area contributed by atoms with Gasteiger partial charge in [-0.1, -0.05) is 136 Å². The maximum absolute atomic E-state index is 4.90. The summed E-state index contributed by atoms with van der Waals surface area (Å²) >= 11 is 0. The van der Waals surface area contributed by atoms with Crippen LogP contribution in [0.2, 0.25) is 0 Å². The number of fused-ring (bicyclic) bond motifs is 12. The van der Waals surface area contributed by atoms with Crippen molar-refractivity contribution >= 4 is 87.2 Å². The summed E-state index contributed by atoms with van der Waals surface area (Å²) in [6.07, 6.45) is 0. The Morgan fingerprint density at radius 2 is 0.480 bits per heavy atom. The Kier molecular flexibility index (Phi) is 14.7. The first-order valence-electron chi connectivity index (χ1n) is 34.7. The molecule has 0 saturated heterocycles. The molecule has 6 aromatic heterocycles. The Balaban J connectivity index is 0.000000150. The van der Waals surface area contributed by atoms with Crippen molar-refractivity contribution in [1.29, 1.82) is 0 Å². The first-order chi connectivity index (χ1) is 48.5. The van der Waals surface area contributed by atoms with Crippen LogP contribution in [0, 0.1) is 83.1 Å². The third-order valence-electron chi connectivity index (χ3n) is 20.2. The fourth-order valence-corrected chi connectivity index (χ4v) is 15.7. The van der Waals surface area contributed by atoms with Gasteiger partial charge >= 0.3 is 0 Å². The van der Waals surface area contributed by atoms with Crippen LogP contribution >= 0.6 is 0 Å². The van der Waals surface area contributed by atoms with Crippen molar-refractivity contribution in [3.63, 3.8) is 0 Å². The SMILES string of the molecule is Cc1ccc2c(c1)c1cc(C)ccc1n2-c1ccccc1-c1cc(-c2cc(C)nc(C)n2)ccc1-n1c2ccc(C)cc2c2cc(C)ccc21.Cc1ccc2c(c1)c1cc(C)ccc1n2-c1ccccc1-c1cc(-c2nc(C)cc(C)n2)ccc1-n1c2ccc(C)cc2c2cc(C)ccc21. The Morgan fingerprint density at radius 3 is 0.790 bits per heavy atom. The number of hydrogen-bond donors (Lipinski definition) is 0. The Hall–Kier alpha value is -12.0. The summed E-state index contributed by atoms with van der Waals surface area (Å²) in [6, 6.07) is 89.9. The van der Waals surface area contributed by atoms with Gasteiger partial charge in [0.15, 0.2) is 5.82 Å². The molecule has 0 spiro atoms. The predicted molar refractivity (Wildman–Crippen MR) is 420 cm³/mol. The van der Waals surface area contributed by atoms with Crippen molar-refractivity contribution in [2.45, 2.75) is 83.1 Å². The minimum Gasteiger partial charge on any atom is -0.309 e. The third-order valence-corrected chi connectivity index (χ3v) is 20.2. The maximum atomic E-state index is 4.90. The van der Waals surface area contributed by atoms with Crippen molar-refractivity contribution in [3.05, 3.63) is 310 Å². The molecule has 8 nitrogen and oxygen atoms in total. The van der Waals surface area contributed by atoms with Crippen LogP contribution in [0.3, 0.4) is 0 Å². The van der Waals surface area contributed by atoms with Crippen LogP contribution in [0.1, 0.15) is 67.4 Å².